The summed E-state index contributed by atoms with van der Waals surface area (Å²) >= 11 is 0. The lowest BCUT2D eigenvalue weighted by Gasteiger charge is -2.26. The van der Waals surface area contributed by atoms with Crippen LogP contribution in [-0.4, -0.2) is 75.2 Å². The van der Waals surface area contributed by atoms with Crippen molar-refractivity contribution < 1.29 is 14.3 Å². The summed E-state index contributed by atoms with van der Waals surface area (Å²) in [6.45, 7) is 10.1. The third kappa shape index (κ3) is 4.85. The second-order valence-electron chi connectivity index (χ2n) is 8.66. The van der Waals surface area contributed by atoms with Crippen molar-refractivity contribution in [1.82, 2.24) is 29.0 Å². The molecule has 0 amide bonds. The number of hydrogen-bond donors (Lipinski definition) is 0. The molecule has 0 aliphatic carbocycles. The highest BCUT2D eigenvalue weighted by Gasteiger charge is 2.18. The van der Waals surface area contributed by atoms with E-state index in [4.69, 9.17) is 24.3 Å². The summed E-state index contributed by atoms with van der Waals surface area (Å²) in [4.78, 5) is 17.4. The van der Waals surface area contributed by atoms with Gasteiger partial charge in [0.25, 0.3) is 0 Å². The van der Waals surface area contributed by atoms with Crippen molar-refractivity contribution in [2.24, 2.45) is 5.16 Å². The number of methoxy groups -OCH3 is 1. The number of hydrogen-bond acceptors (Lipinski definition) is 8. The second kappa shape index (κ2) is 10.4. The third-order valence-corrected chi connectivity index (χ3v) is 6.55. The van der Waals surface area contributed by atoms with Gasteiger partial charge in [-0.1, -0.05) is 17.3 Å². The van der Waals surface area contributed by atoms with E-state index in [9.17, 15) is 0 Å². The van der Waals surface area contributed by atoms with Crippen LogP contribution in [0.25, 0.3) is 16.7 Å². The quantitative estimate of drug-likeness (QED) is 0.270. The molecule has 0 saturated carbocycles. The van der Waals surface area contributed by atoms with Crippen LogP contribution in [0.5, 0.6) is 5.75 Å². The number of morpholine rings is 1. The van der Waals surface area contributed by atoms with Crippen LogP contribution in [0.4, 0.5) is 0 Å². The van der Waals surface area contributed by atoms with Gasteiger partial charge in [-0.2, -0.15) is 0 Å². The summed E-state index contributed by atoms with van der Waals surface area (Å²) in [6.07, 6.45) is 4.41. The lowest BCUT2D eigenvalue weighted by atomic mass is 10.2. The molecule has 0 bridgehead atoms. The number of rotatable bonds is 9. The molecule has 1 saturated heterocycles. The molecule has 0 unspecified atom stereocenters. The van der Waals surface area contributed by atoms with Crippen molar-refractivity contribution in [3.05, 3.63) is 53.2 Å². The molecule has 3 aromatic heterocycles. The minimum absolute atomic E-state index is 0.160. The molecular formula is C25H31N7O3. The summed E-state index contributed by atoms with van der Waals surface area (Å²) in [5.41, 5.74) is 4.96. The Morgan fingerprint density at radius 2 is 1.94 bits per heavy atom. The van der Waals surface area contributed by atoms with Gasteiger partial charge in [0.1, 0.15) is 17.7 Å². The highest BCUT2D eigenvalue weighted by atomic mass is 16.6. The monoisotopic (exact) mass is 477 g/mol. The molecule has 0 radical (unpaired) electrons. The predicted molar refractivity (Wildman–Crippen MR) is 133 cm³/mol. The highest BCUT2D eigenvalue weighted by Crippen LogP contribution is 2.27. The summed E-state index contributed by atoms with van der Waals surface area (Å²) < 4.78 is 14.8. The summed E-state index contributed by atoms with van der Waals surface area (Å²) in [5.74, 6) is 1.29. The van der Waals surface area contributed by atoms with Crippen molar-refractivity contribution in [1.29, 1.82) is 0 Å². The van der Waals surface area contributed by atoms with Crippen LogP contribution in [0.15, 0.2) is 35.7 Å². The van der Waals surface area contributed by atoms with Crippen molar-refractivity contribution in [2.45, 2.75) is 33.4 Å². The Morgan fingerprint density at radius 3 is 2.77 bits per heavy atom. The average molecular weight is 478 g/mol. The number of ether oxygens (including phenoxy) is 2. The van der Waals surface area contributed by atoms with E-state index in [1.165, 1.54) is 11.3 Å². The van der Waals surface area contributed by atoms with E-state index in [1.807, 2.05) is 24.3 Å². The van der Waals surface area contributed by atoms with Gasteiger partial charge in [0.15, 0.2) is 18.1 Å². The molecular weight excluding hydrogens is 446 g/mol. The van der Waals surface area contributed by atoms with E-state index in [0.717, 1.165) is 73.8 Å². The number of oxime groups is 1. The second-order valence-corrected chi connectivity index (χ2v) is 8.66. The zero-order chi connectivity index (χ0) is 24.2. The van der Waals surface area contributed by atoms with Gasteiger partial charge in [0.05, 0.1) is 31.9 Å². The number of aromatic nitrogens is 5. The van der Waals surface area contributed by atoms with E-state index in [-0.39, 0.29) is 6.61 Å². The molecule has 35 heavy (non-hydrogen) atoms. The fourth-order valence-corrected chi connectivity index (χ4v) is 4.55. The third-order valence-electron chi connectivity index (χ3n) is 6.55. The fraction of sp³-hybridized carbons (Fsp3) is 0.440. The zero-order valence-corrected chi connectivity index (χ0v) is 20.5. The van der Waals surface area contributed by atoms with Crippen molar-refractivity contribution >= 4 is 22.9 Å². The van der Waals surface area contributed by atoms with Crippen LogP contribution in [0.1, 0.15) is 29.1 Å². The summed E-state index contributed by atoms with van der Waals surface area (Å²) in [5, 5.41) is 9.63. The van der Waals surface area contributed by atoms with Gasteiger partial charge >= 0.3 is 0 Å². The predicted octanol–water partition coefficient (Wildman–Crippen LogP) is 2.98. The summed E-state index contributed by atoms with van der Waals surface area (Å²) in [6, 6.07) is 7.62. The number of nitrogens with zero attached hydrogens (tertiary/aromatic N) is 7. The molecule has 1 aromatic carbocycles. The lowest BCUT2D eigenvalue weighted by Crippen LogP contribution is -2.37. The van der Waals surface area contributed by atoms with Gasteiger partial charge in [-0.05, 0) is 38.0 Å². The fourth-order valence-electron chi connectivity index (χ4n) is 4.55. The topological polar surface area (TPSA) is 91.3 Å². The molecule has 4 aromatic rings. The Morgan fingerprint density at radius 1 is 1.11 bits per heavy atom. The van der Waals surface area contributed by atoms with Gasteiger partial charge in [0.2, 0.25) is 0 Å². The van der Waals surface area contributed by atoms with E-state index in [1.54, 1.807) is 24.2 Å². The number of fused-ring (bicyclic) bond motifs is 3. The Balaban J connectivity index is 1.31. The molecule has 1 aliphatic heterocycles. The number of benzene rings is 1. The van der Waals surface area contributed by atoms with E-state index < -0.39 is 0 Å². The molecule has 5 rings (SSSR count). The van der Waals surface area contributed by atoms with Gasteiger partial charge in [0, 0.05) is 37.4 Å². The van der Waals surface area contributed by atoms with Gasteiger partial charge < -0.3 is 18.9 Å². The molecule has 10 heteroatoms. The standard InChI is InChI=1S/C25H31N7O3/c1-18-19(2)31(10-6-9-30-11-13-34-14-12-30)24-23(18)25-28-22(29-32(25)17-26-24)16-35-27-15-20-7-4-5-8-21(20)33-3/h4-5,7-8,15,17H,6,9-14,16H2,1-3H3/b27-15+. The first-order chi connectivity index (χ1) is 17.2. The van der Waals surface area contributed by atoms with Crippen molar-refractivity contribution in [3.63, 3.8) is 0 Å². The maximum Gasteiger partial charge on any atom is 0.192 e. The molecule has 184 valence electrons. The number of para-hydroxylation sites is 1. The minimum Gasteiger partial charge on any atom is -0.496 e. The van der Waals surface area contributed by atoms with Crippen LogP contribution in [0.3, 0.4) is 0 Å². The Bertz CT molecular complexity index is 1340. The summed E-state index contributed by atoms with van der Waals surface area (Å²) in [7, 11) is 1.63. The Kier molecular flexibility index (Phi) is 6.91. The first-order valence-corrected chi connectivity index (χ1v) is 11.9. The smallest absolute Gasteiger partial charge is 0.192 e. The molecule has 0 atom stereocenters. The van der Waals surface area contributed by atoms with E-state index in [2.05, 4.69) is 33.6 Å². The average Bonchev–Trinajstić information content (AvgIpc) is 3.41. The van der Waals surface area contributed by atoms with Crippen molar-refractivity contribution in [3.8, 4) is 5.75 Å². The van der Waals surface area contributed by atoms with Gasteiger partial charge in [-0.25, -0.2) is 14.5 Å². The molecule has 4 heterocycles. The molecule has 0 spiro atoms. The largest absolute Gasteiger partial charge is 0.496 e. The SMILES string of the molecule is COc1ccccc1/C=N/OCc1nc2c3c(C)c(C)n(CCCN4CCOCC4)c3ncn2n1. The molecule has 1 aliphatic rings. The first kappa shape index (κ1) is 23.3. The maximum atomic E-state index is 5.47. The van der Waals surface area contributed by atoms with Crippen LogP contribution in [0, 0.1) is 13.8 Å². The van der Waals surface area contributed by atoms with Gasteiger partial charge in [-0.15, -0.1) is 5.10 Å². The van der Waals surface area contributed by atoms with Crippen LogP contribution >= 0.6 is 0 Å². The minimum atomic E-state index is 0.160. The molecule has 0 N–H and O–H groups in total. The van der Waals surface area contributed by atoms with Crippen LogP contribution in [0.2, 0.25) is 0 Å². The van der Waals surface area contributed by atoms with Crippen LogP contribution in [-0.2, 0) is 22.7 Å². The number of aryl methyl sites for hydroxylation is 2. The lowest BCUT2D eigenvalue weighted by molar-refractivity contribution is 0.0369. The zero-order valence-electron chi connectivity index (χ0n) is 20.5. The van der Waals surface area contributed by atoms with Crippen molar-refractivity contribution in [2.75, 3.05) is 40.0 Å². The molecule has 1 fully saturated rings. The Hall–Kier alpha value is -3.50. The first-order valence-electron chi connectivity index (χ1n) is 11.9. The van der Waals surface area contributed by atoms with Gasteiger partial charge in [-0.3, -0.25) is 4.90 Å². The normalized spacial score (nSPS) is 14.9. The van der Waals surface area contributed by atoms with E-state index >= 15 is 0 Å². The van der Waals surface area contributed by atoms with E-state index in [0.29, 0.717) is 5.82 Å². The maximum absolute atomic E-state index is 5.47. The Labute approximate surface area is 204 Å². The molecule has 10 nitrogen and oxygen atoms in total. The van der Waals surface area contributed by atoms with Crippen LogP contribution < -0.4 is 4.74 Å². The highest BCUT2D eigenvalue weighted by molar-refractivity contribution is 5.93.